The zero-order valence-electron chi connectivity index (χ0n) is 9.34. The summed E-state index contributed by atoms with van der Waals surface area (Å²) in [7, 11) is 1.38. The number of methoxy groups -OCH3 is 1. The van der Waals surface area contributed by atoms with Crippen LogP contribution in [0.25, 0.3) is 0 Å². The third-order valence-electron chi connectivity index (χ3n) is 3.77. The summed E-state index contributed by atoms with van der Waals surface area (Å²) in [6, 6.07) is 1.81. The maximum atomic E-state index is 11.4. The van der Waals surface area contributed by atoms with Gasteiger partial charge in [0.25, 0.3) is 0 Å². The molecule has 0 amide bonds. The number of furan rings is 1. The lowest BCUT2D eigenvalue weighted by Crippen LogP contribution is -2.47. The molecule has 2 heterocycles. The molecule has 1 aliphatic carbocycles. The quantitative estimate of drug-likeness (QED) is 0.732. The molecule has 0 saturated heterocycles. The zero-order chi connectivity index (χ0) is 11.2. The zero-order valence-corrected chi connectivity index (χ0v) is 9.34. The number of carbonyl (C=O) groups excluding carboxylic acids is 1. The highest BCUT2D eigenvalue weighted by Gasteiger charge is 2.45. The Bertz CT molecular complexity index is 431. The molecule has 0 unspecified atom stereocenters. The van der Waals surface area contributed by atoms with Gasteiger partial charge in [-0.3, -0.25) is 0 Å². The minimum Gasteiger partial charge on any atom is -0.463 e. The Balaban J connectivity index is 2.01. The molecule has 16 heavy (non-hydrogen) atoms. The number of nitrogens with one attached hydrogen (secondary N) is 1. The second-order valence-corrected chi connectivity index (χ2v) is 4.69. The maximum absolute atomic E-state index is 11.4. The second kappa shape index (κ2) is 3.35. The summed E-state index contributed by atoms with van der Waals surface area (Å²) in [5.41, 5.74) is 1.27. The van der Waals surface area contributed by atoms with Crippen molar-refractivity contribution in [1.82, 2.24) is 5.32 Å². The molecular weight excluding hydrogens is 206 g/mol. The molecule has 4 heteroatoms. The van der Waals surface area contributed by atoms with E-state index < -0.39 is 0 Å². The topological polar surface area (TPSA) is 51.5 Å². The molecule has 0 radical (unpaired) electrons. The first-order chi connectivity index (χ1) is 7.75. The van der Waals surface area contributed by atoms with E-state index in [4.69, 9.17) is 4.42 Å². The van der Waals surface area contributed by atoms with Crippen LogP contribution in [0, 0.1) is 0 Å². The van der Waals surface area contributed by atoms with Crippen LogP contribution in [0.5, 0.6) is 0 Å². The monoisotopic (exact) mass is 221 g/mol. The number of fused-ring (bicyclic) bond motifs is 2. The molecule has 0 aromatic carbocycles. The summed E-state index contributed by atoms with van der Waals surface area (Å²) in [5, 5.41) is 3.39. The number of hydrogen-bond donors (Lipinski definition) is 1. The van der Waals surface area contributed by atoms with E-state index in [-0.39, 0.29) is 11.4 Å². The van der Waals surface area contributed by atoms with Gasteiger partial charge in [-0.1, -0.05) is 6.42 Å². The van der Waals surface area contributed by atoms with E-state index in [1.807, 2.05) is 6.07 Å². The number of hydrogen-bond acceptors (Lipinski definition) is 4. The molecule has 0 atom stereocenters. The van der Waals surface area contributed by atoms with E-state index in [0.29, 0.717) is 5.76 Å². The van der Waals surface area contributed by atoms with Gasteiger partial charge in [0.15, 0.2) is 0 Å². The van der Waals surface area contributed by atoms with E-state index in [2.05, 4.69) is 10.1 Å². The van der Waals surface area contributed by atoms with E-state index in [9.17, 15) is 4.79 Å². The highest BCUT2D eigenvalue weighted by atomic mass is 16.5. The first kappa shape index (κ1) is 9.90. The first-order valence-corrected chi connectivity index (χ1v) is 5.67. The van der Waals surface area contributed by atoms with E-state index >= 15 is 0 Å². The van der Waals surface area contributed by atoms with Crippen molar-refractivity contribution in [3.63, 3.8) is 0 Å². The summed E-state index contributed by atoms with van der Waals surface area (Å²) < 4.78 is 10.4. The van der Waals surface area contributed by atoms with Crippen LogP contribution in [0.3, 0.4) is 0 Å². The van der Waals surface area contributed by atoms with Gasteiger partial charge >= 0.3 is 5.97 Å². The van der Waals surface area contributed by atoms with Crippen LogP contribution >= 0.6 is 0 Å². The van der Waals surface area contributed by atoms with Gasteiger partial charge in [0.2, 0.25) is 5.76 Å². The Hall–Kier alpha value is -1.29. The Morgan fingerprint density at radius 2 is 2.38 bits per heavy atom. The molecule has 86 valence electrons. The van der Waals surface area contributed by atoms with Crippen molar-refractivity contribution in [2.45, 2.75) is 31.2 Å². The standard InChI is InChI=1S/C12H15NO3/c1-15-11(14)9-5-8-6-13-7-12(3-2-4-12)10(8)16-9/h5,13H,2-4,6-7H2,1H3. The molecule has 1 N–H and O–H groups in total. The minimum atomic E-state index is -0.385. The van der Waals surface area contributed by atoms with Crippen molar-refractivity contribution in [3.8, 4) is 0 Å². The van der Waals surface area contributed by atoms with Crippen LogP contribution in [0.2, 0.25) is 0 Å². The number of rotatable bonds is 1. The summed E-state index contributed by atoms with van der Waals surface area (Å²) >= 11 is 0. The predicted molar refractivity (Wildman–Crippen MR) is 57.3 cm³/mol. The van der Waals surface area contributed by atoms with Gasteiger partial charge in [-0.15, -0.1) is 0 Å². The molecular formula is C12H15NO3. The van der Waals surface area contributed by atoms with Gasteiger partial charge in [-0.05, 0) is 18.9 Å². The molecule has 1 spiro atoms. The van der Waals surface area contributed by atoms with Gasteiger partial charge in [-0.25, -0.2) is 4.79 Å². The van der Waals surface area contributed by atoms with Gasteiger partial charge in [0.1, 0.15) is 5.76 Å². The van der Waals surface area contributed by atoms with Crippen molar-refractivity contribution in [1.29, 1.82) is 0 Å². The lowest BCUT2D eigenvalue weighted by atomic mass is 9.65. The third-order valence-corrected chi connectivity index (χ3v) is 3.77. The van der Waals surface area contributed by atoms with Gasteiger partial charge in [0, 0.05) is 24.1 Å². The van der Waals surface area contributed by atoms with Crippen molar-refractivity contribution in [3.05, 3.63) is 23.2 Å². The number of ether oxygens (including phenoxy) is 1. The fraction of sp³-hybridized carbons (Fsp3) is 0.583. The third kappa shape index (κ3) is 1.23. The van der Waals surface area contributed by atoms with Gasteiger partial charge < -0.3 is 14.5 Å². The van der Waals surface area contributed by atoms with Crippen molar-refractivity contribution < 1.29 is 13.9 Å². The largest absolute Gasteiger partial charge is 0.463 e. The Labute approximate surface area is 94.0 Å². The molecule has 1 fully saturated rings. The molecule has 1 aromatic rings. The van der Waals surface area contributed by atoms with E-state index in [1.54, 1.807) is 0 Å². The average Bonchev–Trinajstić information content (AvgIpc) is 2.69. The normalized spacial score (nSPS) is 21.3. The molecule has 3 rings (SSSR count). The maximum Gasteiger partial charge on any atom is 0.373 e. The van der Waals surface area contributed by atoms with Crippen LogP contribution in [0.1, 0.15) is 41.1 Å². The molecule has 1 saturated carbocycles. The molecule has 4 nitrogen and oxygen atoms in total. The van der Waals surface area contributed by atoms with Crippen molar-refractivity contribution in [2.24, 2.45) is 0 Å². The highest BCUT2D eigenvalue weighted by molar-refractivity contribution is 5.86. The summed E-state index contributed by atoms with van der Waals surface area (Å²) in [5.74, 6) is 0.962. The SMILES string of the molecule is COC(=O)c1cc2c(o1)C1(CCC1)CNC2. The smallest absolute Gasteiger partial charge is 0.373 e. The Morgan fingerprint density at radius 3 is 3.00 bits per heavy atom. The van der Waals surface area contributed by atoms with Crippen LogP contribution in [-0.2, 0) is 16.7 Å². The van der Waals surface area contributed by atoms with Crippen LogP contribution in [0.15, 0.2) is 10.5 Å². The summed E-state index contributed by atoms with van der Waals surface area (Å²) in [4.78, 5) is 11.4. The summed E-state index contributed by atoms with van der Waals surface area (Å²) in [6.45, 7) is 1.76. The highest BCUT2D eigenvalue weighted by Crippen LogP contribution is 2.47. The molecule has 1 aliphatic heterocycles. The molecule has 0 bridgehead atoms. The van der Waals surface area contributed by atoms with Crippen LogP contribution in [0.4, 0.5) is 0 Å². The van der Waals surface area contributed by atoms with E-state index in [0.717, 1.165) is 37.3 Å². The van der Waals surface area contributed by atoms with Crippen molar-refractivity contribution in [2.75, 3.05) is 13.7 Å². The first-order valence-electron chi connectivity index (χ1n) is 5.67. The minimum absolute atomic E-state index is 0.153. The predicted octanol–water partition coefficient (Wildman–Crippen LogP) is 1.59. The lowest BCUT2D eigenvalue weighted by molar-refractivity contribution is 0.0555. The average molecular weight is 221 g/mol. The molecule has 2 aliphatic rings. The number of carbonyl (C=O) groups is 1. The van der Waals surface area contributed by atoms with Gasteiger partial charge in [0.05, 0.1) is 7.11 Å². The second-order valence-electron chi connectivity index (χ2n) is 4.69. The Kier molecular flexibility index (Phi) is 2.07. The fourth-order valence-corrected chi connectivity index (χ4v) is 2.73. The van der Waals surface area contributed by atoms with Crippen LogP contribution < -0.4 is 5.32 Å². The van der Waals surface area contributed by atoms with Crippen LogP contribution in [-0.4, -0.2) is 19.6 Å². The number of esters is 1. The lowest BCUT2D eigenvalue weighted by Gasteiger charge is -2.43. The summed E-state index contributed by atoms with van der Waals surface area (Å²) in [6.07, 6.45) is 3.55. The van der Waals surface area contributed by atoms with Crippen molar-refractivity contribution >= 4 is 5.97 Å². The fourth-order valence-electron chi connectivity index (χ4n) is 2.73. The van der Waals surface area contributed by atoms with E-state index in [1.165, 1.54) is 13.5 Å². The van der Waals surface area contributed by atoms with Gasteiger partial charge in [-0.2, -0.15) is 0 Å². The molecule has 1 aromatic heterocycles. The Morgan fingerprint density at radius 1 is 1.56 bits per heavy atom.